The van der Waals surface area contributed by atoms with Crippen LogP contribution in [0.3, 0.4) is 0 Å². The number of phenolic OH excluding ortho intramolecular Hbond substituents is 2. The normalized spacial score (nSPS) is 36.6. The Morgan fingerprint density at radius 2 is 0.978 bits per heavy atom. The summed E-state index contributed by atoms with van der Waals surface area (Å²) in [7, 11) is 0. The number of aromatic hydroxyl groups is 2. The molecule has 5 aliphatic rings. The first-order valence-electron chi connectivity index (χ1n) is 28.9. The molecule has 5 heterocycles. The fourth-order valence-corrected chi connectivity index (χ4v) is 10.8. The van der Waals surface area contributed by atoms with Crippen LogP contribution in [0.2, 0.25) is 0 Å². The lowest BCUT2D eigenvalue weighted by Gasteiger charge is -2.51. The Morgan fingerprint density at radius 3 is 1.50 bits per heavy atom. The highest BCUT2D eigenvalue weighted by Gasteiger charge is 2.64. The first-order chi connectivity index (χ1) is 43.9. The molecular formula is C60H74O32. The summed E-state index contributed by atoms with van der Waals surface area (Å²) in [5.74, 6) is -9.92. The number of carbonyl (C=O) groups excluding carboxylic acids is 5. The smallest absolute Gasteiger partial charge is 0.338 e. The summed E-state index contributed by atoms with van der Waals surface area (Å²) in [4.78, 5) is 68.0. The molecule has 32 nitrogen and oxygen atoms in total. The van der Waals surface area contributed by atoms with Crippen LogP contribution < -0.4 is 0 Å². The number of ketones is 1. The molecule has 24 atom stereocenters. The molecule has 8 rings (SSSR count). The van der Waals surface area contributed by atoms with Gasteiger partial charge in [-0.2, -0.15) is 0 Å². The van der Waals surface area contributed by atoms with E-state index < -0.39 is 222 Å². The number of hydrogen-bond donors (Lipinski definition) is 14. The van der Waals surface area contributed by atoms with Gasteiger partial charge in [-0.05, 0) is 66.6 Å². The van der Waals surface area contributed by atoms with E-state index in [0.717, 1.165) is 26.0 Å². The summed E-state index contributed by atoms with van der Waals surface area (Å²) >= 11 is 0. The number of benzene rings is 3. The molecule has 5 saturated heterocycles. The van der Waals surface area contributed by atoms with Crippen LogP contribution in [0, 0.1) is 5.92 Å². The van der Waals surface area contributed by atoms with E-state index in [1.165, 1.54) is 84.9 Å². The lowest BCUT2D eigenvalue weighted by molar-refractivity contribution is -0.422. The molecular weight excluding hydrogens is 1230 g/mol. The lowest BCUT2D eigenvalue weighted by Crippen LogP contribution is -2.69. The van der Waals surface area contributed by atoms with E-state index >= 15 is 0 Å². The van der Waals surface area contributed by atoms with Gasteiger partial charge in [-0.25, -0.2) is 14.4 Å². The zero-order valence-electron chi connectivity index (χ0n) is 49.2. The largest absolute Gasteiger partial charge is 0.508 e. The van der Waals surface area contributed by atoms with Gasteiger partial charge in [-0.3, -0.25) is 4.79 Å². The summed E-state index contributed by atoms with van der Waals surface area (Å²) in [6.45, 7) is -4.31. The van der Waals surface area contributed by atoms with Gasteiger partial charge in [0.15, 0.2) is 37.4 Å². The molecule has 32 heteroatoms. The average Bonchev–Trinajstić information content (AvgIpc) is 1.47. The van der Waals surface area contributed by atoms with Crippen molar-refractivity contribution in [1.29, 1.82) is 0 Å². The maximum atomic E-state index is 14.3. The highest BCUT2D eigenvalue weighted by molar-refractivity contribution is 5.90. The van der Waals surface area contributed by atoms with Crippen molar-refractivity contribution in [3.63, 3.8) is 0 Å². The van der Waals surface area contributed by atoms with Crippen LogP contribution in [0.25, 0.3) is 12.2 Å². The maximum Gasteiger partial charge on any atom is 0.338 e. The fraction of sp³-hybridized carbons (Fsp3) is 0.550. The number of rotatable bonds is 25. The van der Waals surface area contributed by atoms with Crippen molar-refractivity contribution in [3.05, 3.63) is 108 Å². The number of hydrogen-bond acceptors (Lipinski definition) is 32. The Balaban J connectivity index is 1.30. The molecule has 24 unspecified atom stereocenters. The molecule has 0 aromatic heterocycles. The molecule has 0 amide bonds. The third-order valence-corrected chi connectivity index (χ3v) is 15.6. The standard InChI is InChI=1S/C60H74O32/c1-27(65)20-34-35(21-61)82-58(49(78)50(34)87-56-47(76)45(74)42(71)36(22-62)83-56)88-52-51(86-41(70)19-13-30-10-16-33(68)17-11-30)39(25-80-28(2)66)85-59(53(52)89-57-48(77)46(75)43(72)37(23-63)84-57)92-60(26-81-40(69)18-12-29-8-14-32(67)15-9-29)54(44(73)38(24-64)91-60)90-55(79)31-6-4-3-5-7-31/h3-19,34-39,42-54,56-59,61-64,67-68,71-78H,20-26H2,1-2H3. The zero-order chi connectivity index (χ0) is 66.7. The predicted molar refractivity (Wildman–Crippen MR) is 301 cm³/mol. The van der Waals surface area contributed by atoms with Gasteiger partial charge in [-0.15, -0.1) is 0 Å². The number of Topliss-reactive ketones (excluding diaryl/α,β-unsaturated/α-hetero) is 1. The summed E-state index contributed by atoms with van der Waals surface area (Å²) in [6, 6.07) is 18.0. The number of ether oxygens (including phenoxy) is 13. The minimum Gasteiger partial charge on any atom is -0.508 e. The Morgan fingerprint density at radius 1 is 0.489 bits per heavy atom. The number of esters is 4. The van der Waals surface area contributed by atoms with E-state index in [1.54, 1.807) is 6.07 Å². The van der Waals surface area contributed by atoms with Crippen LogP contribution in [-0.4, -0.2) is 282 Å². The van der Waals surface area contributed by atoms with Gasteiger partial charge in [0.1, 0.15) is 116 Å². The summed E-state index contributed by atoms with van der Waals surface area (Å²) < 4.78 is 79.2. The van der Waals surface area contributed by atoms with Gasteiger partial charge in [0, 0.05) is 31.4 Å². The van der Waals surface area contributed by atoms with Crippen molar-refractivity contribution in [1.82, 2.24) is 0 Å². The van der Waals surface area contributed by atoms with E-state index in [0.29, 0.717) is 11.1 Å². The summed E-state index contributed by atoms with van der Waals surface area (Å²) in [5.41, 5.74) is 0.537. The van der Waals surface area contributed by atoms with Gasteiger partial charge in [-0.1, -0.05) is 42.5 Å². The Bertz CT molecular complexity index is 2970. The Hall–Kier alpha value is -6.55. The fourth-order valence-electron chi connectivity index (χ4n) is 10.8. The first-order valence-corrected chi connectivity index (χ1v) is 28.9. The van der Waals surface area contributed by atoms with Gasteiger partial charge in [0.2, 0.25) is 5.79 Å². The van der Waals surface area contributed by atoms with Crippen molar-refractivity contribution < 1.29 is 157 Å². The van der Waals surface area contributed by atoms with Crippen LogP contribution in [0.5, 0.6) is 11.5 Å². The van der Waals surface area contributed by atoms with Crippen molar-refractivity contribution in [3.8, 4) is 11.5 Å². The van der Waals surface area contributed by atoms with Gasteiger partial charge in [0.25, 0.3) is 0 Å². The maximum absolute atomic E-state index is 14.3. The monoisotopic (exact) mass is 1310 g/mol. The number of phenols is 2. The molecule has 92 heavy (non-hydrogen) atoms. The molecule has 0 saturated carbocycles. The van der Waals surface area contributed by atoms with E-state index in [9.17, 15) is 95.5 Å². The van der Waals surface area contributed by atoms with Crippen molar-refractivity contribution >= 4 is 41.8 Å². The first kappa shape index (κ1) is 71.3. The second-order valence-corrected chi connectivity index (χ2v) is 22.1. The number of carbonyl (C=O) groups is 5. The lowest BCUT2D eigenvalue weighted by atomic mass is 9.85. The minimum atomic E-state index is -2.99. The Labute approximate surface area is 523 Å². The molecule has 0 bridgehead atoms. The number of aliphatic hydroxyl groups excluding tert-OH is 12. The second kappa shape index (κ2) is 32.1. The second-order valence-electron chi connectivity index (χ2n) is 22.1. The molecule has 14 N–H and O–H groups in total. The van der Waals surface area contributed by atoms with E-state index in [1.807, 2.05) is 0 Å². The molecule has 3 aromatic carbocycles. The van der Waals surface area contributed by atoms with Crippen LogP contribution in [0.4, 0.5) is 0 Å². The van der Waals surface area contributed by atoms with E-state index in [-0.39, 0.29) is 17.1 Å². The third-order valence-electron chi connectivity index (χ3n) is 15.6. The highest BCUT2D eigenvalue weighted by atomic mass is 16.8. The molecule has 5 aliphatic heterocycles. The van der Waals surface area contributed by atoms with Crippen LogP contribution in [0.1, 0.15) is 41.8 Å². The van der Waals surface area contributed by atoms with Gasteiger partial charge >= 0.3 is 23.9 Å². The topological polar surface area (TPSA) is 489 Å². The van der Waals surface area contributed by atoms with Gasteiger partial charge in [0.05, 0.1) is 44.2 Å². The molecule has 5 fully saturated rings. The zero-order valence-corrected chi connectivity index (χ0v) is 49.2. The van der Waals surface area contributed by atoms with Crippen LogP contribution in [-0.2, 0) is 80.8 Å². The summed E-state index contributed by atoms with van der Waals surface area (Å²) in [5, 5.41) is 153. The minimum absolute atomic E-state index is 0.108. The molecule has 506 valence electrons. The quantitative estimate of drug-likeness (QED) is 0.0217. The number of aliphatic hydroxyl groups is 12. The SMILES string of the molecule is CC(=O)CC1C(CO)OC(OC2C(OC(=O)C=Cc3ccc(O)cc3)C(COC(C)=O)OC(OC3(COC(=O)C=Cc4ccc(O)cc4)OC(CO)C(O)C3OC(=O)c3ccccc3)C2OC2OC(CO)C(O)C(O)C2O)C(O)C1OC1OC(CO)C(O)C(O)C1O. The third kappa shape index (κ3) is 17.0. The average molecular weight is 1310 g/mol. The van der Waals surface area contributed by atoms with Crippen LogP contribution >= 0.6 is 0 Å². The van der Waals surface area contributed by atoms with E-state index in [4.69, 9.17) is 61.6 Å². The molecule has 0 radical (unpaired) electrons. The molecule has 0 aliphatic carbocycles. The molecule has 0 spiro atoms. The highest BCUT2D eigenvalue weighted by Crippen LogP contribution is 2.43. The Kier molecular flexibility index (Phi) is 24.8. The molecule has 3 aromatic rings. The van der Waals surface area contributed by atoms with Crippen molar-refractivity contribution in [2.75, 3.05) is 39.6 Å². The van der Waals surface area contributed by atoms with E-state index in [2.05, 4.69) is 0 Å². The van der Waals surface area contributed by atoms with Crippen LogP contribution in [0.15, 0.2) is 91.0 Å². The van der Waals surface area contributed by atoms with Gasteiger partial charge < -0.3 is 138 Å². The summed E-state index contributed by atoms with van der Waals surface area (Å²) in [6.07, 6.45) is -42.7. The van der Waals surface area contributed by atoms with Crippen molar-refractivity contribution in [2.45, 2.75) is 161 Å². The van der Waals surface area contributed by atoms with Crippen molar-refractivity contribution in [2.24, 2.45) is 5.92 Å². The predicted octanol–water partition coefficient (Wildman–Crippen LogP) is -4.31.